The van der Waals surface area contributed by atoms with Gasteiger partial charge in [0, 0.05) is 45.0 Å². The number of carbonyl (C=O) groups excluding carboxylic acids is 3. The summed E-state index contributed by atoms with van der Waals surface area (Å²) in [6.07, 6.45) is 3.91. The van der Waals surface area contributed by atoms with Gasteiger partial charge < -0.3 is 25.0 Å². The summed E-state index contributed by atoms with van der Waals surface area (Å²) in [7, 11) is 1.82. The van der Waals surface area contributed by atoms with Gasteiger partial charge in [-0.1, -0.05) is 12.1 Å². The lowest BCUT2D eigenvalue weighted by molar-refractivity contribution is -0.124. The Morgan fingerprint density at radius 3 is 2.82 bits per heavy atom. The van der Waals surface area contributed by atoms with Gasteiger partial charge in [0.1, 0.15) is 11.5 Å². The number of amides is 3. The average Bonchev–Trinajstić information content (AvgIpc) is 3.30. The second kappa shape index (κ2) is 12.4. The smallest absolute Gasteiger partial charge is 0.254 e. The van der Waals surface area contributed by atoms with Crippen molar-refractivity contribution < 1.29 is 23.9 Å². The van der Waals surface area contributed by atoms with Crippen LogP contribution in [0.4, 0.5) is 0 Å². The van der Waals surface area contributed by atoms with Gasteiger partial charge in [-0.25, -0.2) is 4.98 Å². The van der Waals surface area contributed by atoms with Crippen molar-refractivity contribution in [1.29, 1.82) is 0 Å². The van der Waals surface area contributed by atoms with Crippen LogP contribution in [0.2, 0.25) is 0 Å². The standard InChI is InChI=1S/C32H35N7O5/c1-19-12-25(29-20(2)37-38(3)30(29)35-19)32(42)39-11-9-27-26(17-39)36-28(40)8-5-10-34-31(41)22-14-24(16-33-15-22)44-23-7-4-6-21(13-23)18-43-27/h4,6-7,12-16,26-27H,5,8-11,17-18H2,1-3H3,(H,34,41)(H,36,40)/t26-,27-/m0/s1. The summed E-state index contributed by atoms with van der Waals surface area (Å²) in [5, 5.41) is 11.2. The second-order valence-corrected chi connectivity index (χ2v) is 11.3. The zero-order chi connectivity index (χ0) is 30.8. The van der Waals surface area contributed by atoms with E-state index in [0.717, 1.165) is 22.3 Å². The number of carbonyl (C=O) groups is 3. The van der Waals surface area contributed by atoms with E-state index in [-0.39, 0.29) is 30.2 Å². The molecule has 3 amide bonds. The number of nitrogens with one attached hydrogen (secondary N) is 2. The summed E-state index contributed by atoms with van der Waals surface area (Å²) in [4.78, 5) is 50.2. The molecule has 1 saturated heterocycles. The lowest BCUT2D eigenvalue weighted by Crippen LogP contribution is -2.57. The lowest BCUT2D eigenvalue weighted by Gasteiger charge is -2.39. The molecule has 0 radical (unpaired) electrons. The molecule has 4 bridgehead atoms. The van der Waals surface area contributed by atoms with E-state index in [1.54, 1.807) is 27.9 Å². The lowest BCUT2D eigenvalue weighted by atomic mass is 9.99. The highest BCUT2D eigenvalue weighted by molar-refractivity contribution is 6.06. The molecule has 2 N–H and O–H groups in total. The Kier molecular flexibility index (Phi) is 8.25. The maximum absolute atomic E-state index is 13.9. The van der Waals surface area contributed by atoms with Crippen LogP contribution in [0.1, 0.15) is 56.9 Å². The number of aryl methyl sites for hydroxylation is 3. The topological polar surface area (TPSA) is 141 Å². The zero-order valence-electron chi connectivity index (χ0n) is 25.0. The number of ether oxygens (including phenoxy) is 2. The number of hydrogen-bond acceptors (Lipinski definition) is 8. The van der Waals surface area contributed by atoms with Crippen molar-refractivity contribution in [3.8, 4) is 11.5 Å². The van der Waals surface area contributed by atoms with Gasteiger partial charge in [0.25, 0.3) is 11.8 Å². The minimum atomic E-state index is -0.424. The van der Waals surface area contributed by atoms with Crippen LogP contribution in [0, 0.1) is 13.8 Å². The molecule has 4 aromatic rings. The van der Waals surface area contributed by atoms with Crippen LogP contribution in [-0.2, 0) is 23.2 Å². The van der Waals surface area contributed by atoms with E-state index < -0.39 is 6.04 Å². The molecule has 2 atom stereocenters. The minimum absolute atomic E-state index is 0.131. The molecule has 0 spiro atoms. The molecule has 228 valence electrons. The fourth-order valence-electron chi connectivity index (χ4n) is 5.83. The van der Waals surface area contributed by atoms with Crippen LogP contribution < -0.4 is 15.4 Å². The Hall–Kier alpha value is -4.84. The predicted molar refractivity (Wildman–Crippen MR) is 161 cm³/mol. The SMILES string of the molecule is Cc1cc(C(=O)N2CC[C@@H]3OCc4cccc(c4)Oc4cncc(c4)C(=O)NCCCC(=O)N[C@H]3C2)c2c(C)nn(C)c2n1. The molecule has 1 fully saturated rings. The van der Waals surface area contributed by atoms with Gasteiger partial charge in [-0.3, -0.25) is 24.0 Å². The maximum atomic E-state index is 13.9. The molecule has 12 nitrogen and oxygen atoms in total. The Bertz CT molecular complexity index is 1740. The number of likely N-dealkylation sites (tertiary alicyclic amines) is 1. The highest BCUT2D eigenvalue weighted by Crippen LogP contribution is 2.27. The van der Waals surface area contributed by atoms with E-state index in [2.05, 4.69) is 25.7 Å². The van der Waals surface area contributed by atoms with E-state index in [1.165, 1.54) is 6.20 Å². The van der Waals surface area contributed by atoms with Gasteiger partial charge in [0.15, 0.2) is 5.65 Å². The normalized spacial score (nSPS) is 19.7. The van der Waals surface area contributed by atoms with Crippen LogP contribution in [0.25, 0.3) is 11.0 Å². The van der Waals surface area contributed by atoms with Crippen LogP contribution in [0.15, 0.2) is 48.8 Å². The number of aromatic nitrogens is 4. The van der Waals surface area contributed by atoms with Crippen molar-refractivity contribution in [2.24, 2.45) is 7.05 Å². The van der Waals surface area contributed by atoms with E-state index in [0.29, 0.717) is 67.4 Å². The first kappa shape index (κ1) is 29.2. The molecule has 44 heavy (non-hydrogen) atoms. The zero-order valence-corrected chi connectivity index (χ0v) is 25.0. The summed E-state index contributed by atoms with van der Waals surface area (Å²) in [6.45, 7) is 5.10. The molecule has 0 saturated carbocycles. The number of benzene rings is 1. The van der Waals surface area contributed by atoms with Crippen molar-refractivity contribution in [3.63, 3.8) is 0 Å². The van der Waals surface area contributed by atoms with Crippen molar-refractivity contribution >= 4 is 28.8 Å². The fraction of sp³-hybridized carbons (Fsp3) is 0.375. The average molecular weight is 598 g/mol. The second-order valence-electron chi connectivity index (χ2n) is 11.3. The Morgan fingerprint density at radius 1 is 1.09 bits per heavy atom. The molecule has 2 aliphatic rings. The molecule has 5 heterocycles. The molecular weight excluding hydrogens is 562 g/mol. The van der Waals surface area contributed by atoms with Gasteiger partial charge >= 0.3 is 0 Å². The van der Waals surface area contributed by atoms with E-state index in [1.807, 2.05) is 45.2 Å². The number of hydrogen-bond donors (Lipinski definition) is 2. The fourth-order valence-corrected chi connectivity index (χ4v) is 5.83. The Labute approximate surface area is 254 Å². The number of rotatable bonds is 1. The number of pyridine rings is 2. The summed E-state index contributed by atoms with van der Waals surface area (Å²) in [5.74, 6) is 0.432. The monoisotopic (exact) mass is 597 g/mol. The molecule has 0 unspecified atom stereocenters. The van der Waals surface area contributed by atoms with Crippen molar-refractivity contribution in [3.05, 3.63) is 76.9 Å². The van der Waals surface area contributed by atoms with Gasteiger partial charge in [-0.2, -0.15) is 5.10 Å². The third-order valence-corrected chi connectivity index (χ3v) is 7.95. The first-order chi connectivity index (χ1) is 21.2. The van der Waals surface area contributed by atoms with Gasteiger partial charge in [-0.15, -0.1) is 0 Å². The largest absolute Gasteiger partial charge is 0.456 e. The predicted octanol–water partition coefficient (Wildman–Crippen LogP) is 3.21. The molecule has 1 aromatic carbocycles. The number of nitrogens with zero attached hydrogens (tertiary/aromatic N) is 5. The molecule has 2 aliphatic heterocycles. The van der Waals surface area contributed by atoms with Gasteiger partial charge in [0.2, 0.25) is 5.91 Å². The molecule has 12 heteroatoms. The molecule has 0 aliphatic carbocycles. The van der Waals surface area contributed by atoms with Crippen LogP contribution >= 0.6 is 0 Å². The summed E-state index contributed by atoms with van der Waals surface area (Å²) in [6, 6.07) is 10.5. The van der Waals surface area contributed by atoms with Crippen molar-refractivity contribution in [2.45, 2.75) is 51.9 Å². The summed E-state index contributed by atoms with van der Waals surface area (Å²) < 4.78 is 14.1. The quantitative estimate of drug-likeness (QED) is 0.341. The first-order valence-electron chi connectivity index (χ1n) is 14.8. The number of fused-ring (bicyclic) bond motifs is 6. The highest BCUT2D eigenvalue weighted by Gasteiger charge is 2.34. The molecular formula is C32H35N7O5. The molecule has 6 rings (SSSR count). The third-order valence-electron chi connectivity index (χ3n) is 7.95. The van der Waals surface area contributed by atoms with Crippen LogP contribution in [0.5, 0.6) is 11.5 Å². The van der Waals surface area contributed by atoms with Gasteiger partial charge in [-0.05, 0) is 56.5 Å². The number of piperidine rings is 1. The summed E-state index contributed by atoms with van der Waals surface area (Å²) >= 11 is 0. The van der Waals surface area contributed by atoms with E-state index in [9.17, 15) is 14.4 Å². The summed E-state index contributed by atoms with van der Waals surface area (Å²) in [5.41, 5.74) is 3.93. The first-order valence-corrected chi connectivity index (χ1v) is 14.8. The van der Waals surface area contributed by atoms with Crippen molar-refractivity contribution in [2.75, 3.05) is 19.6 Å². The van der Waals surface area contributed by atoms with E-state index in [4.69, 9.17) is 9.47 Å². The molecule has 3 aromatic heterocycles. The third kappa shape index (κ3) is 6.25. The maximum Gasteiger partial charge on any atom is 0.254 e. The Morgan fingerprint density at radius 2 is 1.95 bits per heavy atom. The highest BCUT2D eigenvalue weighted by atomic mass is 16.5. The van der Waals surface area contributed by atoms with Crippen LogP contribution in [0.3, 0.4) is 0 Å². The van der Waals surface area contributed by atoms with Crippen molar-refractivity contribution in [1.82, 2.24) is 35.3 Å². The van der Waals surface area contributed by atoms with E-state index >= 15 is 0 Å². The van der Waals surface area contributed by atoms with Gasteiger partial charge in [0.05, 0.1) is 47.2 Å². The Balaban J connectivity index is 1.24. The minimum Gasteiger partial charge on any atom is -0.456 e. The van der Waals surface area contributed by atoms with Crippen LogP contribution in [-0.4, -0.2) is 74.1 Å².